The molecule has 1 aliphatic heterocycles. The van der Waals surface area contributed by atoms with Crippen molar-refractivity contribution in [2.24, 2.45) is 0 Å². The second-order valence-corrected chi connectivity index (χ2v) is 7.80. The number of aromatic hydroxyl groups is 2. The van der Waals surface area contributed by atoms with Crippen LogP contribution in [0.5, 0.6) is 11.5 Å². The number of carbonyl (C=O) groups excluding carboxylic acids is 1. The summed E-state index contributed by atoms with van der Waals surface area (Å²) in [6.45, 7) is 2.60. The molecule has 0 saturated carbocycles. The first kappa shape index (κ1) is 18.8. The van der Waals surface area contributed by atoms with Crippen LogP contribution in [-0.2, 0) is 20.3 Å². The van der Waals surface area contributed by atoms with E-state index >= 15 is 0 Å². The van der Waals surface area contributed by atoms with Crippen molar-refractivity contribution in [1.82, 2.24) is 4.90 Å². The highest BCUT2D eigenvalue weighted by molar-refractivity contribution is 7.74. The van der Waals surface area contributed by atoms with Crippen LogP contribution in [-0.4, -0.2) is 63.9 Å². The largest absolute Gasteiger partial charge is 0.504 e. The van der Waals surface area contributed by atoms with Gasteiger partial charge in [-0.2, -0.15) is 0 Å². The van der Waals surface area contributed by atoms with Crippen molar-refractivity contribution in [2.45, 2.75) is 37.1 Å². The highest BCUT2D eigenvalue weighted by Gasteiger charge is 2.52. The lowest BCUT2D eigenvalue weighted by Crippen LogP contribution is -2.67. The van der Waals surface area contributed by atoms with Crippen molar-refractivity contribution in [3.05, 3.63) is 18.2 Å². The predicted octanol–water partition coefficient (Wildman–Crippen LogP) is -0.0462. The average Bonchev–Trinajstić information content (AvgIpc) is 2.52. The van der Waals surface area contributed by atoms with E-state index in [4.69, 9.17) is 0 Å². The third kappa shape index (κ3) is 3.48. The molecule has 1 amide bonds. The zero-order chi connectivity index (χ0) is 18.9. The number of phenols is 2. The van der Waals surface area contributed by atoms with E-state index in [1.54, 1.807) is 6.92 Å². The molecular weight excluding hydrogens is 352 g/mol. The summed E-state index contributed by atoms with van der Waals surface area (Å²) in [6, 6.07) is 1.90. The van der Waals surface area contributed by atoms with Gasteiger partial charge >= 0.3 is 5.97 Å². The number of phenolic OH excluding ortho intramolecular Hbond substituents is 2. The topological polar surface area (TPSA) is 144 Å². The number of carbonyl (C=O) groups is 2. The Labute approximate surface area is 145 Å². The second kappa shape index (κ2) is 6.79. The number of β-lactam (4-membered cyclic amide) rings is 1. The van der Waals surface area contributed by atoms with Crippen molar-refractivity contribution in [1.29, 1.82) is 0 Å². The SMILES string of the molecule is C[C@@H]1CC(=O)N1[C@@H](C(=O)O)[C@](C)(CNc1ccc(O)c(O)c1)[SH](=O)=O. The van der Waals surface area contributed by atoms with E-state index in [9.17, 15) is 33.3 Å². The van der Waals surface area contributed by atoms with E-state index in [1.807, 2.05) is 0 Å². The molecule has 138 valence electrons. The summed E-state index contributed by atoms with van der Waals surface area (Å²) in [5.74, 6) is -2.56. The molecule has 1 aromatic carbocycles. The van der Waals surface area contributed by atoms with Gasteiger partial charge in [-0.1, -0.05) is 0 Å². The molecule has 1 aromatic rings. The number of amides is 1. The molecule has 2 rings (SSSR count). The zero-order valence-electron chi connectivity index (χ0n) is 13.7. The molecule has 4 N–H and O–H groups in total. The first-order valence-electron chi connectivity index (χ1n) is 7.52. The fourth-order valence-electron chi connectivity index (χ4n) is 2.85. The number of carboxylic acids is 1. The van der Waals surface area contributed by atoms with Gasteiger partial charge in [-0.05, 0) is 26.0 Å². The molecule has 1 saturated heterocycles. The molecule has 1 fully saturated rings. The van der Waals surface area contributed by atoms with Gasteiger partial charge in [0.05, 0.1) is 0 Å². The smallest absolute Gasteiger partial charge is 0.328 e. The van der Waals surface area contributed by atoms with Gasteiger partial charge in [0.1, 0.15) is 15.5 Å². The normalized spacial score (nSPS) is 20.7. The third-order valence-corrected chi connectivity index (χ3v) is 5.61. The Morgan fingerprint density at radius 2 is 2.04 bits per heavy atom. The van der Waals surface area contributed by atoms with Gasteiger partial charge in [-0.3, -0.25) is 4.79 Å². The number of rotatable bonds is 7. The summed E-state index contributed by atoms with van der Waals surface area (Å²) in [5, 5.41) is 31.1. The number of aliphatic carboxylic acids is 1. The molecule has 1 aliphatic rings. The van der Waals surface area contributed by atoms with Crippen molar-refractivity contribution < 1.29 is 33.3 Å². The first-order chi connectivity index (χ1) is 11.6. The van der Waals surface area contributed by atoms with Crippen LogP contribution in [0.15, 0.2) is 18.2 Å². The molecule has 0 radical (unpaired) electrons. The highest BCUT2D eigenvalue weighted by atomic mass is 32.2. The summed E-state index contributed by atoms with van der Waals surface area (Å²) >= 11 is 0. The number of nitrogens with one attached hydrogen (secondary N) is 1. The Morgan fingerprint density at radius 3 is 2.48 bits per heavy atom. The summed E-state index contributed by atoms with van der Waals surface area (Å²) in [7, 11) is -3.22. The van der Waals surface area contributed by atoms with E-state index in [0.717, 1.165) is 4.90 Å². The van der Waals surface area contributed by atoms with E-state index in [-0.39, 0.29) is 24.8 Å². The zero-order valence-corrected chi connectivity index (χ0v) is 14.6. The maximum Gasteiger partial charge on any atom is 0.328 e. The average molecular weight is 372 g/mol. The van der Waals surface area contributed by atoms with Gasteiger partial charge in [0, 0.05) is 30.8 Å². The minimum atomic E-state index is -3.22. The number of nitrogens with zero attached hydrogens (tertiary/aromatic N) is 1. The fraction of sp³-hybridized carbons (Fsp3) is 0.467. The Bertz CT molecular complexity index is 771. The monoisotopic (exact) mass is 372 g/mol. The Morgan fingerprint density at radius 1 is 1.40 bits per heavy atom. The van der Waals surface area contributed by atoms with Crippen LogP contribution in [0.1, 0.15) is 20.3 Å². The summed E-state index contributed by atoms with van der Waals surface area (Å²) in [5.41, 5.74) is 0.297. The number of benzene rings is 1. The van der Waals surface area contributed by atoms with Crippen molar-refractivity contribution >= 4 is 28.3 Å². The lowest BCUT2D eigenvalue weighted by atomic mass is 9.91. The molecule has 0 aliphatic carbocycles. The van der Waals surface area contributed by atoms with E-state index in [2.05, 4.69) is 5.32 Å². The molecule has 0 spiro atoms. The number of thiol groups is 1. The Hall–Kier alpha value is -2.49. The van der Waals surface area contributed by atoms with Gasteiger partial charge in [-0.15, -0.1) is 0 Å². The molecule has 9 nitrogen and oxygen atoms in total. The van der Waals surface area contributed by atoms with Gasteiger partial charge in [0.15, 0.2) is 17.5 Å². The first-order valence-corrected chi connectivity index (χ1v) is 8.70. The number of hydrogen-bond acceptors (Lipinski definition) is 7. The minimum absolute atomic E-state index is 0.175. The van der Waals surface area contributed by atoms with E-state index < -0.39 is 39.1 Å². The lowest BCUT2D eigenvalue weighted by molar-refractivity contribution is -0.162. The fourth-order valence-corrected chi connectivity index (χ4v) is 3.49. The summed E-state index contributed by atoms with van der Waals surface area (Å²) in [4.78, 5) is 24.6. The summed E-state index contributed by atoms with van der Waals surface area (Å²) < 4.78 is 22.0. The third-order valence-electron chi connectivity index (χ3n) is 4.38. The number of hydrogen-bond donors (Lipinski definition) is 5. The van der Waals surface area contributed by atoms with Crippen LogP contribution in [0.4, 0.5) is 5.69 Å². The van der Waals surface area contributed by atoms with E-state index in [1.165, 1.54) is 25.1 Å². The molecular formula is C15H20N2O7S. The molecule has 0 unspecified atom stereocenters. The number of anilines is 1. The van der Waals surface area contributed by atoms with Crippen LogP contribution in [0.2, 0.25) is 0 Å². The van der Waals surface area contributed by atoms with Crippen LogP contribution < -0.4 is 5.32 Å². The lowest BCUT2D eigenvalue weighted by Gasteiger charge is -2.47. The molecule has 3 atom stereocenters. The van der Waals surface area contributed by atoms with Crippen LogP contribution in [0.25, 0.3) is 0 Å². The highest BCUT2D eigenvalue weighted by Crippen LogP contribution is 2.32. The number of likely N-dealkylation sites (tertiary alicyclic amines) is 1. The van der Waals surface area contributed by atoms with Crippen molar-refractivity contribution in [3.8, 4) is 11.5 Å². The quantitative estimate of drug-likeness (QED) is 0.194. The molecule has 25 heavy (non-hydrogen) atoms. The van der Waals surface area contributed by atoms with Crippen molar-refractivity contribution in [2.75, 3.05) is 11.9 Å². The molecule has 10 heteroatoms. The van der Waals surface area contributed by atoms with Gasteiger partial charge < -0.3 is 25.5 Å². The Balaban J connectivity index is 2.30. The maximum atomic E-state index is 11.9. The minimum Gasteiger partial charge on any atom is -0.504 e. The van der Waals surface area contributed by atoms with Gasteiger partial charge in [0.25, 0.3) is 0 Å². The molecule has 0 aromatic heterocycles. The molecule has 0 bridgehead atoms. The van der Waals surface area contributed by atoms with Gasteiger partial charge in [-0.25, -0.2) is 13.2 Å². The predicted molar refractivity (Wildman–Crippen MR) is 89.3 cm³/mol. The van der Waals surface area contributed by atoms with Crippen LogP contribution in [0.3, 0.4) is 0 Å². The van der Waals surface area contributed by atoms with Crippen molar-refractivity contribution in [3.63, 3.8) is 0 Å². The number of carboxylic acid groups (broad SMARTS) is 1. The van der Waals surface area contributed by atoms with Crippen LogP contribution in [0, 0.1) is 0 Å². The van der Waals surface area contributed by atoms with Gasteiger partial charge in [0.2, 0.25) is 5.91 Å². The van der Waals surface area contributed by atoms with Crippen LogP contribution >= 0.6 is 0 Å². The maximum absolute atomic E-state index is 11.9. The van der Waals surface area contributed by atoms with E-state index in [0.29, 0.717) is 5.69 Å². The summed E-state index contributed by atoms with van der Waals surface area (Å²) in [6.07, 6.45) is 0.175. The Kier molecular flexibility index (Phi) is 5.12. The molecule has 1 heterocycles. The standard InChI is InChI=1S/C15H20N2O7S/c1-8-5-12(20)17(8)13(14(21)22)15(2,25(23)24)7-16-9-3-4-10(18)11(19)6-9/h3-4,6,8,13,16,18-19,25H,5,7H2,1-2H3,(H,21,22)/t8-,13+,15+/m1/s1. The second-order valence-electron chi connectivity index (χ2n) is 6.27.